The maximum absolute atomic E-state index is 13.4. The second kappa shape index (κ2) is 7.78. The third kappa shape index (κ3) is 4.44. The van der Waals surface area contributed by atoms with Crippen molar-refractivity contribution in [1.82, 2.24) is 5.32 Å². The molecule has 0 spiro atoms. The summed E-state index contributed by atoms with van der Waals surface area (Å²) in [5.74, 6) is -0.127. The summed E-state index contributed by atoms with van der Waals surface area (Å²) in [7, 11) is 1.69. The van der Waals surface area contributed by atoms with Crippen molar-refractivity contribution < 1.29 is 9.13 Å². The highest BCUT2D eigenvalue weighted by Crippen LogP contribution is 2.07. The lowest BCUT2D eigenvalue weighted by atomic mass is 10.1. The number of hydrogen-bond acceptors (Lipinski definition) is 2. The minimum atomic E-state index is -0.127. The molecular formula is C17H20FNO. The molecule has 0 atom stereocenters. The van der Waals surface area contributed by atoms with Gasteiger partial charge in [0.15, 0.2) is 0 Å². The van der Waals surface area contributed by atoms with E-state index in [0.717, 1.165) is 18.7 Å². The molecule has 0 amide bonds. The Morgan fingerprint density at radius 2 is 1.70 bits per heavy atom. The Bertz CT molecular complexity index is 525. The van der Waals surface area contributed by atoms with Crippen LogP contribution < -0.4 is 5.32 Å². The number of methoxy groups -OCH3 is 1. The summed E-state index contributed by atoms with van der Waals surface area (Å²) in [6.45, 7) is 2.20. The first-order valence-corrected chi connectivity index (χ1v) is 6.80. The summed E-state index contributed by atoms with van der Waals surface area (Å²) in [5, 5.41) is 3.33. The highest BCUT2D eigenvalue weighted by molar-refractivity contribution is 5.22. The van der Waals surface area contributed by atoms with Gasteiger partial charge in [-0.15, -0.1) is 0 Å². The predicted molar refractivity (Wildman–Crippen MR) is 79.0 cm³/mol. The first-order valence-electron chi connectivity index (χ1n) is 6.80. The molecule has 2 nitrogen and oxygen atoms in total. The topological polar surface area (TPSA) is 21.3 Å². The molecule has 0 aliphatic heterocycles. The maximum Gasteiger partial charge on any atom is 0.126 e. The zero-order valence-electron chi connectivity index (χ0n) is 11.7. The van der Waals surface area contributed by atoms with Crippen LogP contribution in [0.1, 0.15) is 16.7 Å². The van der Waals surface area contributed by atoms with Gasteiger partial charge in [-0.2, -0.15) is 0 Å². The van der Waals surface area contributed by atoms with Gasteiger partial charge in [-0.3, -0.25) is 0 Å². The number of ether oxygens (including phenoxy) is 1. The van der Waals surface area contributed by atoms with Gasteiger partial charge >= 0.3 is 0 Å². The molecule has 0 radical (unpaired) electrons. The molecule has 2 aromatic rings. The van der Waals surface area contributed by atoms with E-state index in [9.17, 15) is 4.39 Å². The largest absolute Gasteiger partial charge is 0.380 e. The molecule has 20 heavy (non-hydrogen) atoms. The Balaban J connectivity index is 1.74. The van der Waals surface area contributed by atoms with Crippen LogP contribution in [0.3, 0.4) is 0 Å². The molecule has 0 saturated carbocycles. The molecule has 2 rings (SSSR count). The maximum atomic E-state index is 13.4. The van der Waals surface area contributed by atoms with Crippen LogP contribution in [0.5, 0.6) is 0 Å². The van der Waals surface area contributed by atoms with Gasteiger partial charge in [-0.05, 0) is 35.7 Å². The minimum absolute atomic E-state index is 0.127. The summed E-state index contributed by atoms with van der Waals surface area (Å²) in [5.41, 5.74) is 3.15. The summed E-state index contributed by atoms with van der Waals surface area (Å²) in [6, 6.07) is 15.2. The summed E-state index contributed by atoms with van der Waals surface area (Å²) < 4.78 is 18.5. The molecular weight excluding hydrogens is 253 g/mol. The van der Waals surface area contributed by atoms with Gasteiger partial charge in [0.25, 0.3) is 0 Å². The van der Waals surface area contributed by atoms with Gasteiger partial charge in [0, 0.05) is 13.7 Å². The SMILES string of the molecule is COCc1ccc(CNCCc2ccccc2F)cc1. The Kier molecular flexibility index (Phi) is 5.71. The molecule has 0 unspecified atom stereocenters. The first-order chi connectivity index (χ1) is 9.79. The number of benzene rings is 2. The lowest BCUT2D eigenvalue weighted by Gasteiger charge is -2.07. The fraction of sp³-hybridized carbons (Fsp3) is 0.294. The Labute approximate surface area is 119 Å². The highest BCUT2D eigenvalue weighted by Gasteiger charge is 2.00. The summed E-state index contributed by atoms with van der Waals surface area (Å²) in [6.07, 6.45) is 0.703. The van der Waals surface area contributed by atoms with Gasteiger partial charge in [-0.1, -0.05) is 42.5 Å². The fourth-order valence-electron chi connectivity index (χ4n) is 2.08. The van der Waals surface area contributed by atoms with Crippen molar-refractivity contribution >= 4 is 0 Å². The standard InChI is InChI=1S/C17H20FNO/c1-20-13-15-8-6-14(7-9-15)12-19-11-10-16-4-2-3-5-17(16)18/h2-9,19H,10-13H2,1H3. The lowest BCUT2D eigenvalue weighted by molar-refractivity contribution is 0.185. The molecule has 0 bridgehead atoms. The molecule has 0 aliphatic carbocycles. The molecule has 1 N–H and O–H groups in total. The van der Waals surface area contributed by atoms with E-state index in [2.05, 4.69) is 29.6 Å². The number of rotatable bonds is 7. The highest BCUT2D eigenvalue weighted by atomic mass is 19.1. The Hall–Kier alpha value is -1.71. The molecule has 0 aromatic heterocycles. The van der Waals surface area contributed by atoms with Gasteiger partial charge in [0.1, 0.15) is 5.82 Å². The second-order valence-corrected chi connectivity index (χ2v) is 4.77. The average Bonchev–Trinajstić information content (AvgIpc) is 2.47. The summed E-state index contributed by atoms with van der Waals surface area (Å²) in [4.78, 5) is 0. The zero-order valence-corrected chi connectivity index (χ0v) is 11.7. The van der Waals surface area contributed by atoms with Crippen molar-refractivity contribution in [3.8, 4) is 0 Å². The molecule has 106 valence electrons. The van der Waals surface area contributed by atoms with Crippen molar-refractivity contribution in [2.24, 2.45) is 0 Å². The van der Waals surface area contributed by atoms with E-state index in [0.29, 0.717) is 13.0 Å². The van der Waals surface area contributed by atoms with E-state index in [4.69, 9.17) is 4.74 Å². The van der Waals surface area contributed by atoms with Crippen LogP contribution >= 0.6 is 0 Å². The zero-order chi connectivity index (χ0) is 14.2. The van der Waals surface area contributed by atoms with E-state index in [-0.39, 0.29) is 5.82 Å². The normalized spacial score (nSPS) is 10.7. The second-order valence-electron chi connectivity index (χ2n) is 4.77. The van der Waals surface area contributed by atoms with Gasteiger partial charge in [-0.25, -0.2) is 4.39 Å². The van der Waals surface area contributed by atoms with Crippen LogP contribution in [-0.2, 0) is 24.3 Å². The third-order valence-electron chi connectivity index (χ3n) is 3.19. The Morgan fingerprint density at radius 1 is 1.00 bits per heavy atom. The van der Waals surface area contributed by atoms with Crippen LogP contribution in [0.25, 0.3) is 0 Å². The number of nitrogens with one attached hydrogen (secondary N) is 1. The van der Waals surface area contributed by atoms with Crippen LogP contribution in [0.15, 0.2) is 48.5 Å². The fourth-order valence-corrected chi connectivity index (χ4v) is 2.08. The monoisotopic (exact) mass is 273 g/mol. The third-order valence-corrected chi connectivity index (χ3v) is 3.19. The van der Waals surface area contributed by atoms with Crippen LogP contribution in [0, 0.1) is 5.82 Å². The first kappa shape index (κ1) is 14.7. The van der Waals surface area contributed by atoms with Gasteiger partial charge in [0.05, 0.1) is 6.61 Å². The molecule has 0 fully saturated rings. The van der Waals surface area contributed by atoms with E-state index in [1.807, 2.05) is 12.1 Å². The predicted octanol–water partition coefficient (Wildman–Crippen LogP) is 3.30. The molecule has 0 saturated heterocycles. The van der Waals surface area contributed by atoms with Gasteiger partial charge in [0.2, 0.25) is 0 Å². The van der Waals surface area contributed by atoms with Crippen molar-refractivity contribution in [2.75, 3.05) is 13.7 Å². The van der Waals surface area contributed by atoms with Crippen LogP contribution in [-0.4, -0.2) is 13.7 Å². The minimum Gasteiger partial charge on any atom is -0.380 e. The summed E-state index contributed by atoms with van der Waals surface area (Å²) >= 11 is 0. The average molecular weight is 273 g/mol. The molecule has 3 heteroatoms. The molecule has 2 aromatic carbocycles. The van der Waals surface area contributed by atoms with E-state index < -0.39 is 0 Å². The van der Waals surface area contributed by atoms with Gasteiger partial charge < -0.3 is 10.1 Å². The van der Waals surface area contributed by atoms with Crippen molar-refractivity contribution in [3.05, 3.63) is 71.0 Å². The van der Waals surface area contributed by atoms with E-state index >= 15 is 0 Å². The Morgan fingerprint density at radius 3 is 2.40 bits per heavy atom. The van der Waals surface area contributed by atoms with Crippen LogP contribution in [0.4, 0.5) is 4.39 Å². The van der Waals surface area contributed by atoms with Crippen molar-refractivity contribution in [2.45, 2.75) is 19.6 Å². The van der Waals surface area contributed by atoms with Crippen LogP contribution in [0.2, 0.25) is 0 Å². The smallest absolute Gasteiger partial charge is 0.126 e. The quantitative estimate of drug-likeness (QED) is 0.782. The lowest BCUT2D eigenvalue weighted by Crippen LogP contribution is -2.17. The number of hydrogen-bond donors (Lipinski definition) is 1. The molecule has 0 aliphatic rings. The van der Waals surface area contributed by atoms with E-state index in [1.54, 1.807) is 13.2 Å². The van der Waals surface area contributed by atoms with Crippen molar-refractivity contribution in [1.29, 1.82) is 0 Å². The van der Waals surface area contributed by atoms with E-state index in [1.165, 1.54) is 17.2 Å². The molecule has 0 heterocycles. The van der Waals surface area contributed by atoms with Crippen molar-refractivity contribution in [3.63, 3.8) is 0 Å². The number of halogens is 1.